The van der Waals surface area contributed by atoms with Crippen LogP contribution in [0.1, 0.15) is 11.1 Å². The topological polar surface area (TPSA) is 12.4 Å². The van der Waals surface area contributed by atoms with E-state index in [2.05, 4.69) is 20.9 Å². The molecule has 0 aromatic heterocycles. The van der Waals surface area contributed by atoms with E-state index < -0.39 is 28.8 Å². The molecule has 0 saturated carbocycles. The zero-order chi connectivity index (χ0) is 14.7. The summed E-state index contributed by atoms with van der Waals surface area (Å²) in [4.78, 5) is 3.88. The Morgan fingerprint density at radius 3 is 2.25 bits per heavy atom. The smallest absolute Gasteiger partial charge is 0.198 e. The lowest BCUT2D eigenvalue weighted by atomic mass is 10.2. The maximum absolute atomic E-state index is 13.3. The summed E-state index contributed by atoms with van der Waals surface area (Å²) in [6.07, 6.45) is 0.975. The van der Waals surface area contributed by atoms with Gasteiger partial charge in [-0.3, -0.25) is 4.99 Å². The third-order valence-corrected chi connectivity index (χ3v) is 3.08. The molecule has 2 rings (SSSR count). The summed E-state index contributed by atoms with van der Waals surface area (Å²) in [6, 6.07) is 7.78. The SMILES string of the molecule is Fc1cc(C=NCc2ccc(Br)cc2)c(F)c(F)c1F. The molecule has 2 aromatic carbocycles. The molecule has 0 radical (unpaired) electrons. The van der Waals surface area contributed by atoms with Gasteiger partial charge in [-0.25, -0.2) is 17.6 Å². The molecule has 0 spiro atoms. The second-order valence-corrected chi connectivity index (χ2v) is 4.90. The maximum atomic E-state index is 13.3. The summed E-state index contributed by atoms with van der Waals surface area (Å²) in [5, 5.41) is 0. The second-order valence-electron chi connectivity index (χ2n) is 3.99. The van der Waals surface area contributed by atoms with Gasteiger partial charge in [0, 0.05) is 16.3 Å². The Bertz CT molecular complexity index is 653. The Labute approximate surface area is 121 Å². The van der Waals surface area contributed by atoms with Crippen LogP contribution >= 0.6 is 15.9 Å². The van der Waals surface area contributed by atoms with Crippen LogP contribution in [0.2, 0.25) is 0 Å². The Hall–Kier alpha value is -1.69. The number of nitrogens with zero attached hydrogens (tertiary/aromatic N) is 1. The van der Waals surface area contributed by atoms with Crippen LogP contribution in [0.3, 0.4) is 0 Å². The normalized spacial score (nSPS) is 11.2. The predicted octanol–water partition coefficient (Wildman–Crippen LogP) is 4.62. The highest BCUT2D eigenvalue weighted by Crippen LogP contribution is 2.17. The molecule has 1 nitrogen and oxygen atoms in total. The Morgan fingerprint density at radius 1 is 0.950 bits per heavy atom. The van der Waals surface area contributed by atoms with Crippen molar-refractivity contribution >= 4 is 22.1 Å². The molecule has 0 heterocycles. The largest absolute Gasteiger partial charge is 0.288 e. The van der Waals surface area contributed by atoms with E-state index in [0.29, 0.717) is 6.07 Å². The Balaban J connectivity index is 2.18. The zero-order valence-corrected chi connectivity index (χ0v) is 11.6. The number of rotatable bonds is 3. The van der Waals surface area contributed by atoms with Crippen molar-refractivity contribution in [3.63, 3.8) is 0 Å². The summed E-state index contributed by atoms with van der Waals surface area (Å²) in [7, 11) is 0. The van der Waals surface area contributed by atoms with Gasteiger partial charge in [0.15, 0.2) is 23.3 Å². The molecule has 0 aliphatic rings. The van der Waals surface area contributed by atoms with Gasteiger partial charge in [-0.15, -0.1) is 0 Å². The van der Waals surface area contributed by atoms with Gasteiger partial charge in [0.1, 0.15) is 0 Å². The fourth-order valence-corrected chi connectivity index (χ4v) is 1.79. The van der Waals surface area contributed by atoms with E-state index in [4.69, 9.17) is 0 Å². The van der Waals surface area contributed by atoms with Crippen molar-refractivity contribution < 1.29 is 17.6 Å². The lowest BCUT2D eigenvalue weighted by Gasteiger charge is -2.01. The second kappa shape index (κ2) is 6.17. The Morgan fingerprint density at radius 2 is 1.60 bits per heavy atom. The van der Waals surface area contributed by atoms with E-state index in [9.17, 15) is 17.6 Å². The van der Waals surface area contributed by atoms with Crippen LogP contribution in [0.4, 0.5) is 17.6 Å². The minimum atomic E-state index is -1.84. The van der Waals surface area contributed by atoms with Gasteiger partial charge in [-0.2, -0.15) is 0 Å². The molecule has 0 bridgehead atoms. The first-order chi connectivity index (χ1) is 9.49. The van der Waals surface area contributed by atoms with Crippen molar-refractivity contribution in [2.75, 3.05) is 0 Å². The molecular weight excluding hydrogens is 338 g/mol. The highest BCUT2D eigenvalue weighted by atomic mass is 79.9. The van der Waals surface area contributed by atoms with Crippen LogP contribution < -0.4 is 0 Å². The van der Waals surface area contributed by atoms with E-state index in [1.807, 2.05) is 12.1 Å². The third kappa shape index (κ3) is 3.25. The summed E-state index contributed by atoms with van der Waals surface area (Å²) in [6.45, 7) is 0.216. The van der Waals surface area contributed by atoms with Gasteiger partial charge in [-0.1, -0.05) is 28.1 Å². The predicted molar refractivity (Wildman–Crippen MR) is 71.7 cm³/mol. The molecule has 0 fully saturated rings. The lowest BCUT2D eigenvalue weighted by Crippen LogP contribution is -2.01. The first-order valence-electron chi connectivity index (χ1n) is 5.56. The molecule has 0 atom stereocenters. The number of halogens is 5. The summed E-state index contributed by atoms with van der Waals surface area (Å²) < 4.78 is 53.0. The van der Waals surface area contributed by atoms with Gasteiger partial charge >= 0.3 is 0 Å². The number of benzene rings is 2. The van der Waals surface area contributed by atoms with Gasteiger partial charge in [0.25, 0.3) is 0 Å². The van der Waals surface area contributed by atoms with Crippen LogP contribution in [0.15, 0.2) is 39.8 Å². The third-order valence-electron chi connectivity index (χ3n) is 2.55. The van der Waals surface area contributed by atoms with Crippen molar-refractivity contribution in [2.24, 2.45) is 4.99 Å². The fraction of sp³-hybridized carbons (Fsp3) is 0.0714. The average Bonchev–Trinajstić information content (AvgIpc) is 2.44. The molecule has 2 aromatic rings. The molecular formula is C14H8BrF4N. The highest BCUT2D eigenvalue weighted by molar-refractivity contribution is 9.10. The number of hydrogen-bond donors (Lipinski definition) is 0. The quantitative estimate of drug-likeness (QED) is 0.333. The van der Waals surface area contributed by atoms with E-state index in [-0.39, 0.29) is 6.54 Å². The molecule has 20 heavy (non-hydrogen) atoms. The Kier molecular flexibility index (Phi) is 4.54. The molecule has 0 aliphatic heterocycles. The van der Waals surface area contributed by atoms with Crippen molar-refractivity contribution in [1.82, 2.24) is 0 Å². The molecule has 0 saturated heterocycles. The zero-order valence-electron chi connectivity index (χ0n) is 10.0. The molecule has 0 amide bonds. The van der Waals surface area contributed by atoms with E-state index in [1.54, 1.807) is 12.1 Å². The highest BCUT2D eigenvalue weighted by Gasteiger charge is 2.17. The van der Waals surface area contributed by atoms with Crippen LogP contribution in [0, 0.1) is 23.3 Å². The van der Waals surface area contributed by atoms with Crippen LogP contribution in [-0.2, 0) is 6.54 Å². The monoisotopic (exact) mass is 345 g/mol. The van der Waals surface area contributed by atoms with Crippen molar-refractivity contribution in [3.05, 3.63) is 69.2 Å². The first kappa shape index (κ1) is 14.7. The summed E-state index contributed by atoms with van der Waals surface area (Å²) >= 11 is 3.28. The van der Waals surface area contributed by atoms with Crippen LogP contribution in [0.5, 0.6) is 0 Å². The molecule has 0 N–H and O–H groups in total. The van der Waals surface area contributed by atoms with Crippen LogP contribution in [-0.4, -0.2) is 6.21 Å². The summed E-state index contributed by atoms with van der Waals surface area (Å²) in [5.74, 6) is -6.57. The van der Waals surface area contributed by atoms with Gasteiger partial charge in [-0.05, 0) is 23.8 Å². The molecule has 104 valence electrons. The van der Waals surface area contributed by atoms with Crippen molar-refractivity contribution in [3.8, 4) is 0 Å². The minimum absolute atomic E-state index is 0.216. The number of hydrogen-bond acceptors (Lipinski definition) is 1. The van der Waals surface area contributed by atoms with E-state index >= 15 is 0 Å². The van der Waals surface area contributed by atoms with Gasteiger partial charge in [0.2, 0.25) is 0 Å². The first-order valence-corrected chi connectivity index (χ1v) is 6.35. The fourth-order valence-electron chi connectivity index (χ4n) is 1.52. The van der Waals surface area contributed by atoms with E-state index in [1.165, 1.54) is 0 Å². The number of aliphatic imine (C=N–C) groups is 1. The molecule has 0 aliphatic carbocycles. The molecule has 0 unspecified atom stereocenters. The maximum Gasteiger partial charge on any atom is 0.198 e. The van der Waals surface area contributed by atoms with Gasteiger partial charge < -0.3 is 0 Å². The standard InChI is InChI=1S/C14H8BrF4N/c15-10-3-1-8(2-4-10)6-20-7-9-5-11(16)13(18)14(19)12(9)17/h1-5,7H,6H2. The lowest BCUT2D eigenvalue weighted by molar-refractivity contribution is 0.408. The van der Waals surface area contributed by atoms with Gasteiger partial charge in [0.05, 0.1) is 6.54 Å². The average molecular weight is 346 g/mol. The van der Waals surface area contributed by atoms with Crippen LogP contribution in [0.25, 0.3) is 0 Å². The molecule has 6 heteroatoms. The summed E-state index contributed by atoms with van der Waals surface area (Å²) in [5.41, 5.74) is 0.409. The van der Waals surface area contributed by atoms with Crippen molar-refractivity contribution in [2.45, 2.75) is 6.54 Å². The van der Waals surface area contributed by atoms with E-state index in [0.717, 1.165) is 16.3 Å². The van der Waals surface area contributed by atoms with Crippen molar-refractivity contribution in [1.29, 1.82) is 0 Å². The minimum Gasteiger partial charge on any atom is -0.288 e.